The Balaban J connectivity index is 1.39. The molecule has 4 rings (SSSR count). The molecule has 2 aromatic carbocycles. The third kappa shape index (κ3) is 4.65. The summed E-state index contributed by atoms with van der Waals surface area (Å²) in [7, 11) is 0. The minimum absolute atomic E-state index is 0.200. The highest BCUT2D eigenvalue weighted by atomic mass is 19.1. The maximum absolute atomic E-state index is 14.9. The van der Waals surface area contributed by atoms with Crippen molar-refractivity contribution in [2.45, 2.75) is 13.0 Å². The molecular weight excluding hydrogens is 403 g/mol. The minimum Gasteiger partial charge on any atom is -0.508 e. The number of benzene rings is 2. The normalized spacial score (nSPS) is 18.8. The van der Waals surface area contributed by atoms with Crippen LogP contribution in [0, 0.1) is 5.82 Å². The number of carbonyl (C=O) groups is 2. The molecule has 0 aromatic heterocycles. The lowest BCUT2D eigenvalue weighted by Crippen LogP contribution is -2.46. The lowest BCUT2D eigenvalue weighted by molar-refractivity contribution is -0.119. The molecule has 0 radical (unpaired) electrons. The number of anilines is 3. The van der Waals surface area contributed by atoms with Crippen LogP contribution < -0.4 is 20.0 Å². The zero-order valence-electron chi connectivity index (χ0n) is 17.3. The number of nitrogens with one attached hydrogen (secondary N) is 1. The molecule has 164 valence electrons. The number of carbonyl (C=O) groups excluding carboxylic acids is 2. The Hall–Kier alpha value is -3.49. The van der Waals surface area contributed by atoms with Crippen LogP contribution in [0.4, 0.5) is 26.2 Å². The molecule has 31 heavy (non-hydrogen) atoms. The molecule has 8 nitrogen and oxygen atoms in total. The molecule has 2 amide bonds. The highest BCUT2D eigenvalue weighted by Crippen LogP contribution is 2.29. The Kier molecular flexibility index (Phi) is 5.83. The van der Waals surface area contributed by atoms with Crippen molar-refractivity contribution in [3.05, 3.63) is 48.3 Å². The van der Waals surface area contributed by atoms with E-state index in [4.69, 9.17) is 4.74 Å². The fraction of sp³-hybridized carbons (Fsp3) is 0.364. The first-order valence-electron chi connectivity index (χ1n) is 10.2. The number of aromatic hydroxyl groups is 1. The van der Waals surface area contributed by atoms with Crippen molar-refractivity contribution < 1.29 is 23.8 Å². The Labute approximate surface area is 179 Å². The first kappa shape index (κ1) is 20.8. The van der Waals surface area contributed by atoms with Crippen LogP contribution in [0.3, 0.4) is 0 Å². The number of cyclic esters (lactones) is 1. The van der Waals surface area contributed by atoms with E-state index in [0.717, 1.165) is 5.69 Å². The van der Waals surface area contributed by atoms with Gasteiger partial charge >= 0.3 is 6.09 Å². The van der Waals surface area contributed by atoms with Crippen LogP contribution in [-0.4, -0.2) is 62.5 Å². The van der Waals surface area contributed by atoms with Crippen molar-refractivity contribution in [2.75, 3.05) is 54.0 Å². The number of phenols is 1. The van der Waals surface area contributed by atoms with E-state index in [0.29, 0.717) is 37.6 Å². The van der Waals surface area contributed by atoms with Crippen molar-refractivity contribution >= 4 is 29.1 Å². The van der Waals surface area contributed by atoms with Gasteiger partial charge in [0, 0.05) is 44.9 Å². The quantitative estimate of drug-likeness (QED) is 0.760. The second-order valence-corrected chi connectivity index (χ2v) is 7.68. The van der Waals surface area contributed by atoms with Gasteiger partial charge < -0.3 is 25.0 Å². The molecule has 9 heteroatoms. The van der Waals surface area contributed by atoms with Crippen LogP contribution in [0.1, 0.15) is 6.92 Å². The first-order chi connectivity index (χ1) is 14.9. The lowest BCUT2D eigenvalue weighted by atomic mass is 10.2. The van der Waals surface area contributed by atoms with Crippen LogP contribution in [0.5, 0.6) is 5.75 Å². The summed E-state index contributed by atoms with van der Waals surface area (Å²) in [6.45, 7) is 4.54. The number of hydrogen-bond donors (Lipinski definition) is 2. The predicted octanol–water partition coefficient (Wildman–Crippen LogP) is 2.32. The van der Waals surface area contributed by atoms with Crippen molar-refractivity contribution in [1.82, 2.24) is 5.32 Å². The average molecular weight is 428 g/mol. The molecule has 0 saturated carbocycles. The van der Waals surface area contributed by atoms with E-state index in [1.54, 1.807) is 30.3 Å². The van der Waals surface area contributed by atoms with Crippen molar-refractivity contribution in [1.29, 1.82) is 0 Å². The third-order valence-corrected chi connectivity index (χ3v) is 5.51. The Morgan fingerprint density at radius 2 is 1.87 bits per heavy atom. The predicted molar refractivity (Wildman–Crippen MR) is 115 cm³/mol. The molecule has 0 unspecified atom stereocenters. The molecule has 2 aliphatic rings. The van der Waals surface area contributed by atoms with E-state index in [2.05, 4.69) is 10.2 Å². The zero-order chi connectivity index (χ0) is 22.0. The number of amides is 2. The summed E-state index contributed by atoms with van der Waals surface area (Å²) in [5, 5.41) is 12.3. The fourth-order valence-corrected chi connectivity index (χ4v) is 3.91. The van der Waals surface area contributed by atoms with Gasteiger partial charge in [0.05, 0.1) is 24.5 Å². The van der Waals surface area contributed by atoms with Crippen LogP contribution in [0.25, 0.3) is 0 Å². The average Bonchev–Trinajstić information content (AvgIpc) is 3.13. The Bertz CT molecular complexity index is 978. The second kappa shape index (κ2) is 8.71. The number of phenolic OH excluding ortho intramolecular Hbond substituents is 1. The Morgan fingerprint density at radius 3 is 2.55 bits per heavy atom. The van der Waals surface area contributed by atoms with Crippen LogP contribution >= 0.6 is 0 Å². The summed E-state index contributed by atoms with van der Waals surface area (Å²) in [4.78, 5) is 28.7. The van der Waals surface area contributed by atoms with E-state index in [-0.39, 0.29) is 24.7 Å². The van der Waals surface area contributed by atoms with Gasteiger partial charge in [-0.1, -0.05) is 6.07 Å². The van der Waals surface area contributed by atoms with Gasteiger partial charge in [-0.05, 0) is 30.3 Å². The largest absolute Gasteiger partial charge is 0.508 e. The highest BCUT2D eigenvalue weighted by Gasteiger charge is 2.33. The van der Waals surface area contributed by atoms with Crippen LogP contribution in [0.2, 0.25) is 0 Å². The molecule has 0 bridgehead atoms. The summed E-state index contributed by atoms with van der Waals surface area (Å²) in [6.07, 6.45) is -1.02. The molecular formula is C22H25FN4O4. The summed E-state index contributed by atoms with van der Waals surface area (Å²) in [6, 6.07) is 11.8. The third-order valence-electron chi connectivity index (χ3n) is 5.51. The minimum atomic E-state index is -0.553. The van der Waals surface area contributed by atoms with Gasteiger partial charge in [0.25, 0.3) is 0 Å². The Morgan fingerprint density at radius 1 is 1.13 bits per heavy atom. The van der Waals surface area contributed by atoms with Crippen LogP contribution in [-0.2, 0) is 9.53 Å². The number of rotatable bonds is 5. The summed E-state index contributed by atoms with van der Waals surface area (Å²) >= 11 is 0. The van der Waals surface area contributed by atoms with Crippen molar-refractivity contribution in [3.63, 3.8) is 0 Å². The SMILES string of the molecule is CC(=O)NC[C@H]1CN(c2ccc(N3CCN(c4cccc(O)c4)CC3)c(F)c2)C(=O)O1. The first-order valence-corrected chi connectivity index (χ1v) is 10.2. The molecule has 0 aliphatic carbocycles. The van der Waals surface area contributed by atoms with E-state index in [1.165, 1.54) is 17.9 Å². The topological polar surface area (TPSA) is 85.4 Å². The van der Waals surface area contributed by atoms with Crippen molar-refractivity contribution in [2.24, 2.45) is 0 Å². The van der Waals surface area contributed by atoms with Gasteiger partial charge in [-0.2, -0.15) is 0 Å². The molecule has 2 heterocycles. The van der Waals surface area contributed by atoms with Gasteiger partial charge in [0.15, 0.2) is 0 Å². The molecule has 2 fully saturated rings. The van der Waals surface area contributed by atoms with Gasteiger partial charge in [-0.3, -0.25) is 9.69 Å². The molecule has 0 spiro atoms. The number of nitrogens with zero attached hydrogens (tertiary/aromatic N) is 3. The number of ether oxygens (including phenoxy) is 1. The lowest BCUT2D eigenvalue weighted by Gasteiger charge is -2.37. The number of halogens is 1. The summed E-state index contributed by atoms with van der Waals surface area (Å²) in [5.41, 5.74) is 1.86. The van der Waals surface area contributed by atoms with E-state index < -0.39 is 18.0 Å². The molecule has 2 aliphatic heterocycles. The second-order valence-electron chi connectivity index (χ2n) is 7.68. The number of hydrogen-bond acceptors (Lipinski definition) is 6. The standard InChI is InChI=1S/C22H25FN4O4/c1-15(28)24-13-19-14-27(22(30)31-19)17-5-6-21(20(23)12-17)26-9-7-25(8-10-26)16-3-2-4-18(29)11-16/h2-6,11-12,19,29H,7-10,13-14H2,1H3,(H,24,28)/t19-/m0/s1. The molecule has 2 aromatic rings. The molecule has 1 atom stereocenters. The maximum Gasteiger partial charge on any atom is 0.414 e. The summed E-state index contributed by atoms with van der Waals surface area (Å²) in [5.74, 6) is -0.378. The van der Waals surface area contributed by atoms with E-state index in [1.807, 2.05) is 11.0 Å². The fourth-order valence-electron chi connectivity index (χ4n) is 3.91. The van der Waals surface area contributed by atoms with Gasteiger partial charge in [-0.15, -0.1) is 0 Å². The highest BCUT2D eigenvalue weighted by molar-refractivity contribution is 5.90. The number of piperazine rings is 1. The van der Waals surface area contributed by atoms with Crippen molar-refractivity contribution in [3.8, 4) is 5.75 Å². The van der Waals surface area contributed by atoms with Crippen LogP contribution in [0.15, 0.2) is 42.5 Å². The van der Waals surface area contributed by atoms with E-state index in [9.17, 15) is 19.1 Å². The van der Waals surface area contributed by atoms with Gasteiger partial charge in [0.1, 0.15) is 17.7 Å². The molecule has 2 N–H and O–H groups in total. The smallest absolute Gasteiger partial charge is 0.414 e. The zero-order valence-corrected chi connectivity index (χ0v) is 17.3. The monoisotopic (exact) mass is 428 g/mol. The van der Waals surface area contributed by atoms with E-state index >= 15 is 0 Å². The summed E-state index contributed by atoms with van der Waals surface area (Å²) < 4.78 is 20.2. The molecule has 2 saturated heterocycles. The maximum atomic E-state index is 14.9. The van der Waals surface area contributed by atoms with Gasteiger partial charge in [-0.25, -0.2) is 9.18 Å². The van der Waals surface area contributed by atoms with Gasteiger partial charge in [0.2, 0.25) is 5.91 Å².